The molecule has 2 amide bonds. The fraction of sp³-hybridized carbons (Fsp3) is 0.500. The molecule has 1 aliphatic carbocycles. The zero-order valence-electron chi connectivity index (χ0n) is 15.6. The average Bonchev–Trinajstić information content (AvgIpc) is 3.10. The highest BCUT2D eigenvalue weighted by Gasteiger charge is 2.35. The second-order valence-corrected chi connectivity index (χ2v) is 7.54. The van der Waals surface area contributed by atoms with Crippen LogP contribution in [-0.4, -0.2) is 50.0 Å². The van der Waals surface area contributed by atoms with E-state index in [0.29, 0.717) is 26.1 Å². The van der Waals surface area contributed by atoms with Crippen molar-refractivity contribution in [1.29, 1.82) is 0 Å². The summed E-state index contributed by atoms with van der Waals surface area (Å²) in [6, 6.07) is 7.51. The molecule has 0 bridgehead atoms. The van der Waals surface area contributed by atoms with Crippen molar-refractivity contribution in [2.24, 2.45) is 5.92 Å². The molecule has 0 N–H and O–H groups in total. The SMILES string of the molecule is CN(Cc1ccccn1)C(=O)C[C@H]1CN(C(=O)C2CCC2)Cc2ccnn21. The van der Waals surface area contributed by atoms with Gasteiger partial charge in [-0.25, -0.2) is 0 Å². The number of amides is 2. The molecule has 0 unspecified atom stereocenters. The summed E-state index contributed by atoms with van der Waals surface area (Å²) in [7, 11) is 1.79. The maximum absolute atomic E-state index is 12.8. The lowest BCUT2D eigenvalue weighted by Gasteiger charge is -2.38. The number of carbonyl (C=O) groups excluding carboxylic acids is 2. The first-order valence-electron chi connectivity index (χ1n) is 9.57. The van der Waals surface area contributed by atoms with Crippen LogP contribution in [0.2, 0.25) is 0 Å². The molecule has 2 aromatic heterocycles. The lowest BCUT2D eigenvalue weighted by atomic mass is 9.84. The van der Waals surface area contributed by atoms with Crippen molar-refractivity contribution >= 4 is 11.8 Å². The monoisotopic (exact) mass is 367 g/mol. The number of aromatic nitrogens is 3. The highest BCUT2D eigenvalue weighted by atomic mass is 16.2. The Hall–Kier alpha value is -2.70. The summed E-state index contributed by atoms with van der Waals surface area (Å²) in [6.07, 6.45) is 6.93. The Morgan fingerprint density at radius 2 is 2.07 bits per heavy atom. The van der Waals surface area contributed by atoms with E-state index in [4.69, 9.17) is 0 Å². The summed E-state index contributed by atoms with van der Waals surface area (Å²) in [4.78, 5) is 33.4. The van der Waals surface area contributed by atoms with Crippen LogP contribution in [-0.2, 0) is 22.7 Å². The molecule has 142 valence electrons. The first-order chi connectivity index (χ1) is 13.1. The van der Waals surface area contributed by atoms with Gasteiger partial charge in [-0.2, -0.15) is 5.10 Å². The fourth-order valence-electron chi connectivity index (χ4n) is 3.80. The second-order valence-electron chi connectivity index (χ2n) is 7.54. The van der Waals surface area contributed by atoms with Gasteiger partial charge < -0.3 is 9.80 Å². The van der Waals surface area contributed by atoms with E-state index in [1.165, 1.54) is 0 Å². The van der Waals surface area contributed by atoms with Crippen molar-refractivity contribution in [3.63, 3.8) is 0 Å². The van der Waals surface area contributed by atoms with Gasteiger partial charge in [-0.15, -0.1) is 0 Å². The Kier molecular flexibility index (Phi) is 4.92. The molecule has 2 aliphatic rings. The molecule has 4 rings (SSSR count). The molecule has 1 atom stereocenters. The molecule has 7 heteroatoms. The number of hydrogen-bond donors (Lipinski definition) is 0. The number of fused-ring (bicyclic) bond motifs is 1. The molecular weight excluding hydrogens is 342 g/mol. The molecule has 0 saturated heterocycles. The smallest absolute Gasteiger partial charge is 0.226 e. The molecule has 0 radical (unpaired) electrons. The molecule has 1 saturated carbocycles. The summed E-state index contributed by atoms with van der Waals surface area (Å²) in [6.45, 7) is 1.61. The normalized spacial score (nSPS) is 19.3. The van der Waals surface area contributed by atoms with E-state index >= 15 is 0 Å². The fourth-order valence-corrected chi connectivity index (χ4v) is 3.80. The van der Waals surface area contributed by atoms with Crippen LogP contribution in [0.5, 0.6) is 0 Å². The van der Waals surface area contributed by atoms with Gasteiger partial charge in [0.1, 0.15) is 0 Å². The van der Waals surface area contributed by atoms with Crippen molar-refractivity contribution in [2.45, 2.75) is 44.8 Å². The van der Waals surface area contributed by atoms with Crippen molar-refractivity contribution in [3.05, 3.63) is 48.0 Å². The lowest BCUT2D eigenvalue weighted by molar-refractivity contribution is -0.141. The number of carbonyl (C=O) groups is 2. The Morgan fingerprint density at radius 1 is 1.22 bits per heavy atom. The third-order valence-electron chi connectivity index (χ3n) is 5.61. The Bertz CT molecular complexity index is 815. The van der Waals surface area contributed by atoms with Gasteiger partial charge in [-0.05, 0) is 31.0 Å². The van der Waals surface area contributed by atoms with Crippen LogP contribution in [0.25, 0.3) is 0 Å². The zero-order chi connectivity index (χ0) is 18.8. The van der Waals surface area contributed by atoms with E-state index in [-0.39, 0.29) is 23.8 Å². The maximum atomic E-state index is 12.8. The first kappa shape index (κ1) is 17.7. The summed E-state index contributed by atoms with van der Waals surface area (Å²) in [5.41, 5.74) is 1.86. The molecule has 1 fully saturated rings. The Balaban J connectivity index is 1.43. The standard InChI is InChI=1S/C20H25N5O2/c1-23(12-16-7-2-3-9-21-16)19(26)11-18-14-24(20(27)15-5-4-6-15)13-17-8-10-22-25(17)18/h2-3,7-10,15,18H,4-6,11-14H2,1H3/t18-/m0/s1. The summed E-state index contributed by atoms with van der Waals surface area (Å²) >= 11 is 0. The minimum atomic E-state index is -0.119. The highest BCUT2D eigenvalue weighted by Crippen LogP contribution is 2.31. The van der Waals surface area contributed by atoms with Crippen LogP contribution in [0.1, 0.15) is 43.1 Å². The van der Waals surface area contributed by atoms with Gasteiger partial charge in [-0.3, -0.25) is 19.3 Å². The van der Waals surface area contributed by atoms with Crippen LogP contribution >= 0.6 is 0 Å². The molecule has 0 aromatic carbocycles. The maximum Gasteiger partial charge on any atom is 0.226 e. The van der Waals surface area contributed by atoms with Crippen LogP contribution in [0.3, 0.4) is 0 Å². The highest BCUT2D eigenvalue weighted by molar-refractivity contribution is 5.80. The number of hydrogen-bond acceptors (Lipinski definition) is 4. The molecule has 1 aliphatic heterocycles. The van der Waals surface area contributed by atoms with Gasteiger partial charge in [0.2, 0.25) is 11.8 Å². The van der Waals surface area contributed by atoms with Gasteiger partial charge in [-0.1, -0.05) is 12.5 Å². The zero-order valence-corrected chi connectivity index (χ0v) is 15.6. The molecule has 27 heavy (non-hydrogen) atoms. The average molecular weight is 367 g/mol. The van der Waals surface area contributed by atoms with Crippen LogP contribution in [0.15, 0.2) is 36.7 Å². The minimum absolute atomic E-state index is 0.0325. The largest absolute Gasteiger partial charge is 0.340 e. The van der Waals surface area contributed by atoms with Gasteiger partial charge in [0.05, 0.1) is 36.9 Å². The molecule has 0 spiro atoms. The summed E-state index contributed by atoms with van der Waals surface area (Å²) in [5, 5.41) is 4.40. The van der Waals surface area contributed by atoms with Gasteiger partial charge in [0.15, 0.2) is 0 Å². The number of nitrogens with zero attached hydrogens (tertiary/aromatic N) is 5. The van der Waals surface area contributed by atoms with E-state index in [0.717, 1.165) is 30.7 Å². The number of pyridine rings is 1. The third-order valence-corrected chi connectivity index (χ3v) is 5.61. The quantitative estimate of drug-likeness (QED) is 0.810. The van der Waals surface area contributed by atoms with Crippen LogP contribution in [0.4, 0.5) is 0 Å². The second kappa shape index (κ2) is 7.50. The van der Waals surface area contributed by atoms with Gasteiger partial charge in [0, 0.05) is 31.9 Å². The molecule has 2 aromatic rings. The van der Waals surface area contributed by atoms with E-state index in [1.807, 2.05) is 33.8 Å². The third kappa shape index (κ3) is 3.72. The predicted octanol–water partition coefficient (Wildman–Crippen LogP) is 2.01. The van der Waals surface area contributed by atoms with E-state index in [1.54, 1.807) is 24.3 Å². The summed E-state index contributed by atoms with van der Waals surface area (Å²) in [5.74, 6) is 0.431. The molecule has 3 heterocycles. The van der Waals surface area contributed by atoms with Crippen LogP contribution < -0.4 is 0 Å². The van der Waals surface area contributed by atoms with Crippen molar-refractivity contribution in [3.8, 4) is 0 Å². The Labute approximate surface area is 159 Å². The topological polar surface area (TPSA) is 71.3 Å². The van der Waals surface area contributed by atoms with E-state index in [9.17, 15) is 9.59 Å². The predicted molar refractivity (Wildman–Crippen MR) is 99.4 cm³/mol. The minimum Gasteiger partial charge on any atom is -0.340 e. The van der Waals surface area contributed by atoms with Crippen LogP contribution in [0, 0.1) is 5.92 Å². The molecular formula is C20H25N5O2. The van der Waals surface area contributed by atoms with Gasteiger partial charge >= 0.3 is 0 Å². The van der Waals surface area contributed by atoms with Crippen molar-refractivity contribution < 1.29 is 9.59 Å². The van der Waals surface area contributed by atoms with Crippen molar-refractivity contribution in [2.75, 3.05) is 13.6 Å². The summed E-state index contributed by atoms with van der Waals surface area (Å²) < 4.78 is 1.91. The molecule has 7 nitrogen and oxygen atoms in total. The van der Waals surface area contributed by atoms with E-state index < -0.39 is 0 Å². The first-order valence-corrected chi connectivity index (χ1v) is 9.57. The lowest BCUT2D eigenvalue weighted by Crippen LogP contribution is -2.46. The van der Waals surface area contributed by atoms with Crippen molar-refractivity contribution in [1.82, 2.24) is 24.6 Å². The van der Waals surface area contributed by atoms with E-state index in [2.05, 4.69) is 10.1 Å². The Morgan fingerprint density at radius 3 is 2.78 bits per heavy atom. The van der Waals surface area contributed by atoms with Gasteiger partial charge in [0.25, 0.3) is 0 Å². The number of rotatable bonds is 5.